The van der Waals surface area contributed by atoms with Crippen molar-refractivity contribution in [3.63, 3.8) is 0 Å². The number of aromatic nitrogens is 1. The summed E-state index contributed by atoms with van der Waals surface area (Å²) in [5, 5.41) is 0.827. The molecule has 0 aliphatic rings. The average Bonchev–Trinajstić information content (AvgIpc) is 2.36. The number of nitrogens with two attached hydrogens (primary N) is 1. The molecule has 0 amide bonds. The summed E-state index contributed by atoms with van der Waals surface area (Å²) in [6.07, 6.45) is 1.50. The van der Waals surface area contributed by atoms with Crippen LogP contribution in [0.15, 0.2) is 43.0 Å². The predicted octanol–water partition coefficient (Wildman–Crippen LogP) is 2.16. The molecule has 1 aromatic carbocycles. The van der Waals surface area contributed by atoms with Crippen molar-refractivity contribution in [2.75, 3.05) is 12.3 Å². The Morgan fingerprint density at radius 1 is 1.47 bits per heavy atom. The van der Waals surface area contributed by atoms with Crippen LogP contribution in [-0.2, 0) is 4.74 Å². The lowest BCUT2D eigenvalue weighted by Crippen LogP contribution is -2.08. The summed E-state index contributed by atoms with van der Waals surface area (Å²) < 4.78 is 4.91. The normalized spacial score (nSPS) is 10.1. The third-order valence-corrected chi connectivity index (χ3v) is 2.29. The largest absolute Gasteiger partial charge is 0.457 e. The molecule has 0 fully saturated rings. The maximum atomic E-state index is 11.6. The molecule has 4 heteroatoms. The molecule has 4 nitrogen and oxygen atoms in total. The number of hydrogen-bond donors (Lipinski definition) is 1. The molecule has 0 aliphatic heterocycles. The van der Waals surface area contributed by atoms with Gasteiger partial charge in [-0.05, 0) is 12.1 Å². The smallest absolute Gasteiger partial charge is 0.357 e. The van der Waals surface area contributed by atoms with Crippen molar-refractivity contribution in [2.45, 2.75) is 0 Å². The molecule has 2 N–H and O–H groups in total. The molecule has 1 heterocycles. The van der Waals surface area contributed by atoms with E-state index in [1.165, 1.54) is 12.1 Å². The van der Waals surface area contributed by atoms with Gasteiger partial charge in [0.2, 0.25) is 0 Å². The van der Waals surface area contributed by atoms with Gasteiger partial charge < -0.3 is 10.5 Å². The summed E-state index contributed by atoms with van der Waals surface area (Å²) in [7, 11) is 0. The SMILES string of the molecule is C=CCOC(=O)c1cc(N)c2ccccc2n1. The number of nitrogen functional groups attached to an aromatic ring is 1. The maximum Gasteiger partial charge on any atom is 0.357 e. The first-order valence-electron chi connectivity index (χ1n) is 5.15. The molecule has 0 bridgehead atoms. The van der Waals surface area contributed by atoms with Crippen LogP contribution in [0, 0.1) is 0 Å². The predicted molar refractivity (Wildman–Crippen MR) is 66.6 cm³/mol. The Morgan fingerprint density at radius 3 is 3.00 bits per heavy atom. The third kappa shape index (κ3) is 2.25. The number of anilines is 1. The van der Waals surface area contributed by atoms with Crippen LogP contribution in [0.2, 0.25) is 0 Å². The van der Waals surface area contributed by atoms with Crippen LogP contribution in [0.25, 0.3) is 10.9 Å². The molecule has 0 spiro atoms. The molecule has 2 aromatic rings. The van der Waals surface area contributed by atoms with Crippen molar-refractivity contribution in [2.24, 2.45) is 0 Å². The molecular formula is C13H12N2O2. The fourth-order valence-corrected chi connectivity index (χ4v) is 1.52. The summed E-state index contributed by atoms with van der Waals surface area (Å²) in [5.74, 6) is -0.498. The second kappa shape index (κ2) is 4.65. The van der Waals surface area contributed by atoms with Gasteiger partial charge in [0.1, 0.15) is 6.61 Å². The van der Waals surface area contributed by atoms with Crippen molar-refractivity contribution in [1.29, 1.82) is 0 Å². The lowest BCUT2D eigenvalue weighted by atomic mass is 10.1. The zero-order chi connectivity index (χ0) is 12.3. The highest BCUT2D eigenvalue weighted by Crippen LogP contribution is 2.20. The number of nitrogens with zero attached hydrogens (tertiary/aromatic N) is 1. The van der Waals surface area contributed by atoms with E-state index in [-0.39, 0.29) is 12.3 Å². The van der Waals surface area contributed by atoms with Gasteiger partial charge in [0, 0.05) is 11.1 Å². The minimum atomic E-state index is -0.498. The number of fused-ring (bicyclic) bond motifs is 1. The number of esters is 1. The molecule has 0 atom stereocenters. The monoisotopic (exact) mass is 228 g/mol. The first-order chi connectivity index (χ1) is 8.22. The number of carbonyl (C=O) groups is 1. The van der Waals surface area contributed by atoms with Gasteiger partial charge in [-0.1, -0.05) is 30.9 Å². The van der Waals surface area contributed by atoms with Gasteiger partial charge in [-0.2, -0.15) is 0 Å². The zero-order valence-corrected chi connectivity index (χ0v) is 9.22. The van der Waals surface area contributed by atoms with Crippen LogP contribution in [0.5, 0.6) is 0 Å². The Bertz CT molecular complexity index is 579. The van der Waals surface area contributed by atoms with Gasteiger partial charge in [-0.15, -0.1) is 0 Å². The molecule has 0 saturated heterocycles. The maximum absolute atomic E-state index is 11.6. The van der Waals surface area contributed by atoms with E-state index in [0.717, 1.165) is 5.39 Å². The quantitative estimate of drug-likeness (QED) is 0.645. The molecule has 0 aliphatic carbocycles. The number of ether oxygens (including phenoxy) is 1. The number of rotatable bonds is 3. The fraction of sp³-hybridized carbons (Fsp3) is 0.0769. The number of benzene rings is 1. The molecule has 0 radical (unpaired) electrons. The van der Waals surface area contributed by atoms with Crippen LogP contribution in [0.1, 0.15) is 10.5 Å². The van der Waals surface area contributed by atoms with E-state index >= 15 is 0 Å². The van der Waals surface area contributed by atoms with Gasteiger partial charge in [0.05, 0.1) is 5.52 Å². The lowest BCUT2D eigenvalue weighted by Gasteiger charge is -2.05. The van der Waals surface area contributed by atoms with Crippen molar-refractivity contribution in [3.05, 3.63) is 48.7 Å². The van der Waals surface area contributed by atoms with Gasteiger partial charge in [0.25, 0.3) is 0 Å². The third-order valence-electron chi connectivity index (χ3n) is 2.29. The van der Waals surface area contributed by atoms with Crippen LogP contribution in [0.3, 0.4) is 0 Å². The van der Waals surface area contributed by atoms with Gasteiger partial charge >= 0.3 is 5.97 Å². The van der Waals surface area contributed by atoms with E-state index in [1.54, 1.807) is 6.07 Å². The van der Waals surface area contributed by atoms with Gasteiger partial charge in [-0.25, -0.2) is 9.78 Å². The highest BCUT2D eigenvalue weighted by Gasteiger charge is 2.11. The minimum absolute atomic E-state index is 0.160. The molecule has 86 valence electrons. The van der Waals surface area contributed by atoms with E-state index in [2.05, 4.69) is 11.6 Å². The second-order valence-corrected chi connectivity index (χ2v) is 3.50. The van der Waals surface area contributed by atoms with Crippen LogP contribution >= 0.6 is 0 Å². The van der Waals surface area contributed by atoms with Crippen LogP contribution < -0.4 is 5.73 Å². The van der Waals surface area contributed by atoms with E-state index in [4.69, 9.17) is 10.5 Å². The Labute approximate surface area is 98.7 Å². The summed E-state index contributed by atoms with van der Waals surface area (Å²) >= 11 is 0. The molecular weight excluding hydrogens is 216 g/mol. The number of hydrogen-bond acceptors (Lipinski definition) is 4. The van der Waals surface area contributed by atoms with E-state index in [0.29, 0.717) is 11.2 Å². The first kappa shape index (κ1) is 11.1. The number of pyridine rings is 1. The molecule has 0 unspecified atom stereocenters. The van der Waals surface area contributed by atoms with Crippen molar-refractivity contribution >= 4 is 22.6 Å². The van der Waals surface area contributed by atoms with E-state index < -0.39 is 5.97 Å². The Kier molecular flexibility index (Phi) is 3.05. The molecule has 0 saturated carbocycles. The number of carbonyl (C=O) groups excluding carboxylic acids is 1. The summed E-state index contributed by atoms with van der Waals surface area (Å²) in [5.41, 5.74) is 7.26. The summed E-state index contributed by atoms with van der Waals surface area (Å²) in [6, 6.07) is 8.89. The lowest BCUT2D eigenvalue weighted by molar-refractivity contribution is 0.0543. The Hall–Kier alpha value is -2.36. The second-order valence-electron chi connectivity index (χ2n) is 3.50. The zero-order valence-electron chi connectivity index (χ0n) is 9.22. The molecule has 2 rings (SSSR count). The average molecular weight is 228 g/mol. The highest BCUT2D eigenvalue weighted by molar-refractivity contribution is 5.96. The minimum Gasteiger partial charge on any atom is -0.457 e. The van der Waals surface area contributed by atoms with Crippen molar-refractivity contribution < 1.29 is 9.53 Å². The van der Waals surface area contributed by atoms with Gasteiger partial charge in [-0.3, -0.25) is 0 Å². The fourth-order valence-electron chi connectivity index (χ4n) is 1.52. The summed E-state index contributed by atoms with van der Waals surface area (Å²) in [6.45, 7) is 3.63. The van der Waals surface area contributed by atoms with Crippen LogP contribution in [0.4, 0.5) is 5.69 Å². The number of para-hydroxylation sites is 1. The van der Waals surface area contributed by atoms with Crippen molar-refractivity contribution in [3.8, 4) is 0 Å². The van der Waals surface area contributed by atoms with Crippen LogP contribution in [-0.4, -0.2) is 17.6 Å². The van der Waals surface area contributed by atoms with E-state index in [1.807, 2.05) is 18.2 Å². The van der Waals surface area contributed by atoms with Crippen molar-refractivity contribution in [1.82, 2.24) is 4.98 Å². The molecule has 1 aromatic heterocycles. The first-order valence-corrected chi connectivity index (χ1v) is 5.15. The topological polar surface area (TPSA) is 65.2 Å². The highest BCUT2D eigenvalue weighted by atomic mass is 16.5. The summed E-state index contributed by atoms with van der Waals surface area (Å²) in [4.78, 5) is 15.8. The standard InChI is InChI=1S/C13H12N2O2/c1-2-7-17-13(16)12-8-10(14)9-5-3-4-6-11(9)15-12/h2-6,8H,1,7H2,(H2,14,15). The Morgan fingerprint density at radius 2 is 2.24 bits per heavy atom. The van der Waals surface area contributed by atoms with E-state index in [9.17, 15) is 4.79 Å². The Balaban J connectivity index is 2.42. The molecule has 17 heavy (non-hydrogen) atoms. The van der Waals surface area contributed by atoms with Gasteiger partial charge in [0.15, 0.2) is 5.69 Å².